The third-order valence-corrected chi connectivity index (χ3v) is 4.88. The molecule has 0 unspecified atom stereocenters. The Bertz CT molecular complexity index is 1030. The zero-order chi connectivity index (χ0) is 19.4. The van der Waals surface area contributed by atoms with Gasteiger partial charge in [0.05, 0.1) is 23.3 Å². The Morgan fingerprint density at radius 3 is 2.67 bits per heavy atom. The zero-order valence-electron chi connectivity index (χ0n) is 14.1. The minimum atomic E-state index is -0.582. The minimum absolute atomic E-state index is 0.0254. The molecule has 0 bridgehead atoms. The molecular formula is C19H13ClN2O4S. The van der Waals surface area contributed by atoms with E-state index in [1.54, 1.807) is 6.07 Å². The van der Waals surface area contributed by atoms with Crippen molar-refractivity contribution in [2.75, 3.05) is 7.11 Å². The number of carbonyl (C=O) groups excluding carboxylic acids is 1. The predicted molar refractivity (Wildman–Crippen MR) is 106 cm³/mol. The number of methoxy groups -OCH3 is 1. The molecule has 1 aromatic heterocycles. The predicted octanol–water partition coefficient (Wildman–Crippen LogP) is 5.09. The summed E-state index contributed by atoms with van der Waals surface area (Å²) < 4.78 is 4.85. The Labute approximate surface area is 163 Å². The van der Waals surface area contributed by atoms with Crippen molar-refractivity contribution in [1.82, 2.24) is 4.98 Å². The zero-order valence-corrected chi connectivity index (χ0v) is 15.7. The fraction of sp³-hybridized carbons (Fsp3) is 0.0526. The summed E-state index contributed by atoms with van der Waals surface area (Å²) in [6, 6.07) is 13.9. The van der Waals surface area contributed by atoms with E-state index in [9.17, 15) is 14.9 Å². The summed E-state index contributed by atoms with van der Waals surface area (Å²) >= 11 is 7.13. The van der Waals surface area contributed by atoms with E-state index in [2.05, 4.69) is 4.98 Å². The Hall–Kier alpha value is -3.03. The second-order valence-corrected chi connectivity index (χ2v) is 6.69. The van der Waals surface area contributed by atoms with Crippen LogP contribution in [0.15, 0.2) is 53.9 Å². The van der Waals surface area contributed by atoms with Crippen LogP contribution < -0.4 is 0 Å². The summed E-state index contributed by atoms with van der Waals surface area (Å²) in [7, 11) is 1.27. The highest BCUT2D eigenvalue weighted by Gasteiger charge is 2.19. The third kappa shape index (κ3) is 4.21. The summed E-state index contributed by atoms with van der Waals surface area (Å²) in [4.78, 5) is 27.3. The molecule has 0 amide bonds. The van der Waals surface area contributed by atoms with Gasteiger partial charge in [-0.25, -0.2) is 9.78 Å². The molecule has 27 heavy (non-hydrogen) atoms. The van der Waals surface area contributed by atoms with Crippen LogP contribution in [0.5, 0.6) is 0 Å². The van der Waals surface area contributed by atoms with Gasteiger partial charge in [0.25, 0.3) is 5.69 Å². The number of hydrogen-bond donors (Lipinski definition) is 0. The Balaban J connectivity index is 2.04. The van der Waals surface area contributed by atoms with Crippen molar-refractivity contribution in [3.05, 3.63) is 79.6 Å². The fourth-order valence-corrected chi connectivity index (χ4v) is 3.40. The Morgan fingerprint density at radius 1 is 1.26 bits per heavy atom. The number of esters is 1. The molecule has 2 aromatic carbocycles. The lowest BCUT2D eigenvalue weighted by Gasteiger charge is -2.03. The lowest BCUT2D eigenvalue weighted by Crippen LogP contribution is -2.03. The van der Waals surface area contributed by atoms with Crippen molar-refractivity contribution in [1.29, 1.82) is 0 Å². The second-order valence-electron chi connectivity index (χ2n) is 5.42. The van der Waals surface area contributed by atoms with E-state index in [-0.39, 0.29) is 16.3 Å². The molecular weight excluding hydrogens is 388 g/mol. The standard InChI is InChI=1S/C19H13ClN2O4S/c1-26-19(23)14(9-12-7-8-15(20)17(10-12)22(24)25)18-21-16(11-27-18)13-5-3-2-4-6-13/h2-11H,1H3/b14-9-. The molecule has 0 spiro atoms. The maximum atomic E-state index is 12.3. The van der Waals surface area contributed by atoms with Crippen LogP contribution >= 0.6 is 22.9 Å². The van der Waals surface area contributed by atoms with Gasteiger partial charge < -0.3 is 4.74 Å². The monoisotopic (exact) mass is 400 g/mol. The smallest absolute Gasteiger partial charge is 0.340 e. The van der Waals surface area contributed by atoms with E-state index in [1.807, 2.05) is 35.7 Å². The molecule has 0 saturated carbocycles. The van der Waals surface area contributed by atoms with Gasteiger partial charge in [-0.1, -0.05) is 48.0 Å². The second kappa shape index (κ2) is 8.11. The summed E-state index contributed by atoms with van der Waals surface area (Å²) in [5.41, 5.74) is 2.07. The molecule has 6 nitrogen and oxygen atoms in total. The number of thiazole rings is 1. The van der Waals surface area contributed by atoms with E-state index >= 15 is 0 Å². The molecule has 0 radical (unpaired) electrons. The molecule has 8 heteroatoms. The van der Waals surface area contributed by atoms with Crippen molar-refractivity contribution in [2.45, 2.75) is 0 Å². The van der Waals surface area contributed by atoms with Crippen molar-refractivity contribution >= 4 is 46.2 Å². The minimum Gasteiger partial charge on any atom is -0.465 e. The van der Waals surface area contributed by atoms with E-state index in [1.165, 1.54) is 36.7 Å². The quantitative estimate of drug-likeness (QED) is 0.258. The molecule has 1 heterocycles. The topological polar surface area (TPSA) is 82.3 Å². The number of nitro groups is 1. The highest BCUT2D eigenvalue weighted by atomic mass is 35.5. The molecule has 0 aliphatic rings. The van der Waals surface area contributed by atoms with Crippen LogP contribution in [-0.2, 0) is 9.53 Å². The molecule has 136 valence electrons. The number of carbonyl (C=O) groups is 1. The van der Waals surface area contributed by atoms with Crippen LogP contribution in [0.25, 0.3) is 22.9 Å². The van der Waals surface area contributed by atoms with Gasteiger partial charge in [-0.2, -0.15) is 0 Å². The van der Waals surface area contributed by atoms with Crippen molar-refractivity contribution in [3.8, 4) is 11.3 Å². The maximum Gasteiger partial charge on any atom is 0.340 e. The van der Waals surface area contributed by atoms with Crippen LogP contribution in [0.1, 0.15) is 10.6 Å². The molecule has 0 fully saturated rings. The number of hydrogen-bond acceptors (Lipinski definition) is 6. The van der Waals surface area contributed by atoms with Gasteiger partial charge in [0.1, 0.15) is 10.0 Å². The first-order valence-corrected chi connectivity index (χ1v) is 9.00. The fourth-order valence-electron chi connectivity index (χ4n) is 2.38. The third-order valence-electron chi connectivity index (χ3n) is 3.69. The lowest BCUT2D eigenvalue weighted by atomic mass is 10.1. The summed E-state index contributed by atoms with van der Waals surface area (Å²) in [6.07, 6.45) is 1.50. The largest absolute Gasteiger partial charge is 0.465 e. The SMILES string of the molecule is COC(=O)/C(=C\c1ccc(Cl)c([N+](=O)[O-])c1)c1nc(-c2ccccc2)cs1. The number of nitrogens with zero attached hydrogens (tertiary/aromatic N) is 2. The highest BCUT2D eigenvalue weighted by Crippen LogP contribution is 2.30. The van der Waals surface area contributed by atoms with E-state index in [4.69, 9.17) is 16.3 Å². The Morgan fingerprint density at radius 2 is 2.00 bits per heavy atom. The van der Waals surface area contributed by atoms with Gasteiger partial charge in [0.15, 0.2) is 0 Å². The van der Waals surface area contributed by atoms with Gasteiger partial charge >= 0.3 is 5.97 Å². The van der Waals surface area contributed by atoms with Gasteiger partial charge in [0.2, 0.25) is 0 Å². The molecule has 0 saturated heterocycles. The molecule has 0 atom stereocenters. The first-order chi connectivity index (χ1) is 13.0. The van der Waals surface area contributed by atoms with E-state index in [0.717, 1.165) is 11.3 Å². The summed E-state index contributed by atoms with van der Waals surface area (Å²) in [6.45, 7) is 0. The molecule has 0 N–H and O–H groups in total. The number of rotatable bonds is 5. The van der Waals surface area contributed by atoms with Gasteiger partial charge in [0, 0.05) is 17.0 Å². The summed E-state index contributed by atoms with van der Waals surface area (Å²) in [5, 5.41) is 13.4. The number of halogens is 1. The average Bonchev–Trinajstić information content (AvgIpc) is 3.17. The van der Waals surface area contributed by atoms with Crippen molar-refractivity contribution < 1.29 is 14.5 Å². The number of nitro benzene ring substituents is 1. The molecule has 0 aliphatic heterocycles. The normalized spacial score (nSPS) is 11.3. The van der Waals surface area contributed by atoms with Crippen LogP contribution in [0.3, 0.4) is 0 Å². The Kier molecular flexibility index (Phi) is 5.63. The van der Waals surface area contributed by atoms with Gasteiger partial charge in [-0.3, -0.25) is 10.1 Å². The molecule has 3 aromatic rings. The van der Waals surface area contributed by atoms with E-state index < -0.39 is 10.9 Å². The number of benzene rings is 2. The van der Waals surface area contributed by atoms with Crippen molar-refractivity contribution in [3.63, 3.8) is 0 Å². The number of aromatic nitrogens is 1. The van der Waals surface area contributed by atoms with Crippen LogP contribution in [0.4, 0.5) is 5.69 Å². The van der Waals surface area contributed by atoms with Crippen molar-refractivity contribution in [2.24, 2.45) is 0 Å². The van der Waals surface area contributed by atoms with Crippen LogP contribution in [0.2, 0.25) is 5.02 Å². The van der Waals surface area contributed by atoms with Crippen LogP contribution in [-0.4, -0.2) is 23.0 Å². The van der Waals surface area contributed by atoms with E-state index in [0.29, 0.717) is 10.6 Å². The first kappa shape index (κ1) is 18.8. The molecule has 3 rings (SSSR count). The van der Waals surface area contributed by atoms with Gasteiger partial charge in [-0.15, -0.1) is 11.3 Å². The number of ether oxygens (including phenoxy) is 1. The first-order valence-electron chi connectivity index (χ1n) is 7.75. The van der Waals surface area contributed by atoms with Crippen LogP contribution in [0, 0.1) is 10.1 Å². The maximum absolute atomic E-state index is 12.3. The average molecular weight is 401 g/mol. The molecule has 0 aliphatic carbocycles. The summed E-state index contributed by atoms with van der Waals surface area (Å²) in [5.74, 6) is -0.582. The highest BCUT2D eigenvalue weighted by molar-refractivity contribution is 7.11. The van der Waals surface area contributed by atoms with Gasteiger partial charge in [-0.05, 0) is 17.7 Å². The lowest BCUT2D eigenvalue weighted by molar-refractivity contribution is -0.384.